The number of nitrogens with one attached hydrogen (secondary N) is 3. The van der Waals surface area contributed by atoms with Crippen molar-refractivity contribution in [1.82, 2.24) is 35.5 Å². The Labute approximate surface area is 182 Å². The summed E-state index contributed by atoms with van der Waals surface area (Å²) in [5.41, 5.74) is 4.83. The molecule has 4 aromatic heterocycles. The van der Waals surface area contributed by atoms with Gasteiger partial charge in [-0.3, -0.25) is 10.1 Å². The zero-order valence-electron chi connectivity index (χ0n) is 17.1. The minimum Gasteiger partial charge on any atom is -0.508 e. The molecule has 4 N–H and O–H groups in total. The number of nitrogens with zero attached hydrogens (tertiary/aromatic N) is 4. The van der Waals surface area contributed by atoms with Crippen LogP contribution in [0.1, 0.15) is 24.3 Å². The summed E-state index contributed by atoms with van der Waals surface area (Å²) in [4.78, 5) is 17.0. The zero-order valence-corrected chi connectivity index (χ0v) is 17.1. The molecule has 9 heteroatoms. The maximum absolute atomic E-state index is 13.9. The van der Waals surface area contributed by atoms with Gasteiger partial charge in [-0.25, -0.2) is 14.4 Å². The van der Waals surface area contributed by atoms with Crippen LogP contribution in [0.4, 0.5) is 4.39 Å². The van der Waals surface area contributed by atoms with E-state index in [9.17, 15) is 9.50 Å². The highest BCUT2D eigenvalue weighted by Crippen LogP contribution is 2.33. The highest BCUT2D eigenvalue weighted by atomic mass is 19.1. The van der Waals surface area contributed by atoms with Gasteiger partial charge in [0.1, 0.15) is 22.8 Å². The van der Waals surface area contributed by atoms with E-state index in [4.69, 9.17) is 4.98 Å². The molecule has 0 radical (unpaired) electrons. The summed E-state index contributed by atoms with van der Waals surface area (Å²) >= 11 is 0. The third-order valence-electron chi connectivity index (χ3n) is 6.03. The van der Waals surface area contributed by atoms with Gasteiger partial charge in [0, 0.05) is 24.0 Å². The van der Waals surface area contributed by atoms with Crippen LogP contribution in [0.15, 0.2) is 42.7 Å². The Balaban J connectivity index is 1.47. The van der Waals surface area contributed by atoms with Gasteiger partial charge in [0.25, 0.3) is 0 Å². The van der Waals surface area contributed by atoms with E-state index in [1.807, 2.05) is 12.3 Å². The van der Waals surface area contributed by atoms with Gasteiger partial charge in [0.2, 0.25) is 0 Å². The van der Waals surface area contributed by atoms with E-state index in [-0.39, 0.29) is 5.75 Å². The summed E-state index contributed by atoms with van der Waals surface area (Å²) in [5, 5.41) is 21.6. The van der Waals surface area contributed by atoms with Crippen molar-refractivity contribution in [2.75, 3.05) is 13.1 Å². The molecular weight excluding hydrogens is 409 g/mol. The molecule has 32 heavy (non-hydrogen) atoms. The Bertz CT molecular complexity index is 1430. The standard InChI is InChI=1S/C23H20FN7O/c24-15-7-13(8-16(32)10-15)19-21-18(3-6-26-19)28-23(29-21)20-17-9-14(11-27-22(17)31-30-20)12-1-4-25-5-2-12/h3,6-12,25,32H,1-2,4-5H2,(H,28,29)(H,27,30,31). The Hall–Kier alpha value is -3.85. The Morgan fingerprint density at radius 2 is 1.91 bits per heavy atom. The number of hydrogen-bond acceptors (Lipinski definition) is 6. The lowest BCUT2D eigenvalue weighted by Crippen LogP contribution is -2.26. The normalized spacial score (nSPS) is 15.0. The summed E-state index contributed by atoms with van der Waals surface area (Å²) in [5.74, 6) is 0.349. The molecule has 5 heterocycles. The highest BCUT2D eigenvalue weighted by molar-refractivity contribution is 5.95. The molecule has 1 aliphatic rings. The molecule has 0 bridgehead atoms. The lowest BCUT2D eigenvalue weighted by molar-refractivity contribution is 0.460. The van der Waals surface area contributed by atoms with Crippen molar-refractivity contribution in [3.05, 3.63) is 54.1 Å². The Morgan fingerprint density at radius 3 is 2.75 bits per heavy atom. The number of imidazole rings is 1. The average Bonchev–Trinajstić information content (AvgIpc) is 3.42. The number of phenolic OH excluding ortho intramolecular Hbond substituents is 1. The largest absolute Gasteiger partial charge is 0.508 e. The molecule has 0 spiro atoms. The molecule has 5 aromatic rings. The first-order valence-corrected chi connectivity index (χ1v) is 10.6. The zero-order chi connectivity index (χ0) is 21.7. The monoisotopic (exact) mass is 429 g/mol. The molecule has 1 fully saturated rings. The van der Waals surface area contributed by atoms with Crippen LogP contribution in [-0.4, -0.2) is 48.3 Å². The average molecular weight is 429 g/mol. The van der Waals surface area contributed by atoms with Crippen LogP contribution in [0.5, 0.6) is 5.75 Å². The predicted octanol–water partition coefficient (Wildman–Crippen LogP) is 3.87. The quantitative estimate of drug-likeness (QED) is 0.346. The van der Waals surface area contributed by atoms with E-state index in [2.05, 4.69) is 36.5 Å². The highest BCUT2D eigenvalue weighted by Gasteiger charge is 2.20. The van der Waals surface area contributed by atoms with E-state index in [1.165, 1.54) is 17.7 Å². The molecule has 0 amide bonds. The van der Waals surface area contributed by atoms with E-state index < -0.39 is 5.82 Å². The molecule has 0 unspecified atom stereocenters. The second-order valence-electron chi connectivity index (χ2n) is 8.10. The van der Waals surface area contributed by atoms with Crippen LogP contribution < -0.4 is 5.32 Å². The fourth-order valence-electron chi connectivity index (χ4n) is 4.45. The number of aromatic nitrogens is 6. The van der Waals surface area contributed by atoms with Gasteiger partial charge in [-0.05, 0) is 61.7 Å². The van der Waals surface area contributed by atoms with E-state index in [0.29, 0.717) is 39.9 Å². The Morgan fingerprint density at radius 1 is 1.03 bits per heavy atom. The number of benzene rings is 1. The van der Waals surface area contributed by atoms with Crippen LogP contribution in [0.2, 0.25) is 0 Å². The number of hydrogen-bond donors (Lipinski definition) is 4. The molecular formula is C23H20FN7O. The van der Waals surface area contributed by atoms with Crippen LogP contribution in [0.3, 0.4) is 0 Å². The first-order valence-electron chi connectivity index (χ1n) is 10.6. The lowest BCUT2D eigenvalue weighted by Gasteiger charge is -2.22. The summed E-state index contributed by atoms with van der Waals surface area (Å²) in [6.45, 7) is 2.02. The summed E-state index contributed by atoms with van der Waals surface area (Å²) < 4.78 is 13.9. The van der Waals surface area contributed by atoms with Gasteiger partial charge in [-0.1, -0.05) is 0 Å². The van der Waals surface area contributed by atoms with E-state index >= 15 is 0 Å². The molecule has 160 valence electrons. The topological polar surface area (TPSA) is 115 Å². The fourth-order valence-corrected chi connectivity index (χ4v) is 4.45. The fraction of sp³-hybridized carbons (Fsp3) is 0.217. The maximum Gasteiger partial charge on any atom is 0.159 e. The first-order chi connectivity index (χ1) is 15.7. The molecule has 8 nitrogen and oxygen atoms in total. The smallest absolute Gasteiger partial charge is 0.159 e. The molecule has 1 saturated heterocycles. The minimum atomic E-state index is -0.538. The number of rotatable bonds is 3. The van der Waals surface area contributed by atoms with E-state index in [1.54, 1.807) is 6.20 Å². The molecule has 0 atom stereocenters. The second kappa shape index (κ2) is 7.38. The number of fused-ring (bicyclic) bond motifs is 2. The molecule has 1 aromatic carbocycles. The first kappa shape index (κ1) is 18.9. The van der Waals surface area contributed by atoms with Gasteiger partial charge >= 0.3 is 0 Å². The van der Waals surface area contributed by atoms with Crippen molar-refractivity contribution >= 4 is 22.1 Å². The molecule has 0 aliphatic carbocycles. The van der Waals surface area contributed by atoms with Crippen LogP contribution >= 0.6 is 0 Å². The van der Waals surface area contributed by atoms with Gasteiger partial charge in [-0.2, -0.15) is 5.10 Å². The van der Waals surface area contributed by atoms with Crippen molar-refractivity contribution in [1.29, 1.82) is 0 Å². The SMILES string of the molecule is Oc1cc(F)cc(-c2nccc3[nH]c(-c4n[nH]c5ncc(C6CCNCC6)cc45)nc23)c1. The van der Waals surface area contributed by atoms with Gasteiger partial charge in [0.05, 0.1) is 16.6 Å². The predicted molar refractivity (Wildman–Crippen MR) is 119 cm³/mol. The summed E-state index contributed by atoms with van der Waals surface area (Å²) in [7, 11) is 0. The number of piperidine rings is 1. The molecule has 1 aliphatic heterocycles. The van der Waals surface area contributed by atoms with Gasteiger partial charge in [0.15, 0.2) is 11.5 Å². The van der Waals surface area contributed by atoms with Crippen molar-refractivity contribution in [3.8, 4) is 28.5 Å². The van der Waals surface area contributed by atoms with Gasteiger partial charge in [-0.15, -0.1) is 0 Å². The Kier molecular flexibility index (Phi) is 4.36. The summed E-state index contributed by atoms with van der Waals surface area (Å²) in [6.07, 6.45) is 5.72. The number of H-pyrrole nitrogens is 2. The minimum absolute atomic E-state index is 0.163. The van der Waals surface area contributed by atoms with Crippen molar-refractivity contribution < 1.29 is 9.50 Å². The lowest BCUT2D eigenvalue weighted by atomic mass is 9.91. The second-order valence-corrected chi connectivity index (χ2v) is 8.10. The van der Waals surface area contributed by atoms with Crippen LogP contribution in [-0.2, 0) is 0 Å². The summed E-state index contributed by atoms with van der Waals surface area (Å²) in [6, 6.07) is 7.81. The molecule has 6 rings (SSSR count). The number of aromatic hydroxyl groups is 1. The van der Waals surface area contributed by atoms with Crippen LogP contribution in [0.25, 0.3) is 44.8 Å². The van der Waals surface area contributed by atoms with Crippen molar-refractivity contribution in [3.63, 3.8) is 0 Å². The number of halogens is 1. The van der Waals surface area contributed by atoms with Gasteiger partial charge < -0.3 is 15.4 Å². The third kappa shape index (κ3) is 3.18. The third-order valence-corrected chi connectivity index (χ3v) is 6.03. The number of phenols is 1. The maximum atomic E-state index is 13.9. The van der Waals surface area contributed by atoms with Crippen LogP contribution in [0, 0.1) is 5.82 Å². The number of aromatic amines is 2. The van der Waals surface area contributed by atoms with E-state index in [0.717, 1.165) is 42.9 Å². The van der Waals surface area contributed by atoms with Crippen molar-refractivity contribution in [2.45, 2.75) is 18.8 Å². The number of pyridine rings is 2. The molecule has 0 saturated carbocycles. The van der Waals surface area contributed by atoms with Crippen molar-refractivity contribution in [2.24, 2.45) is 0 Å².